The Morgan fingerprint density at radius 2 is 1.92 bits per heavy atom. The second kappa shape index (κ2) is 7.50. The molecule has 0 radical (unpaired) electrons. The molecule has 3 rings (SSSR count). The lowest BCUT2D eigenvalue weighted by atomic mass is 10.1. The summed E-state index contributed by atoms with van der Waals surface area (Å²) in [6.07, 6.45) is 4.44. The average molecular weight is 351 g/mol. The van der Waals surface area contributed by atoms with Gasteiger partial charge in [-0.3, -0.25) is 14.9 Å². The number of amides is 1. The van der Waals surface area contributed by atoms with E-state index in [1.807, 2.05) is 17.5 Å². The minimum Gasteiger partial charge on any atom is -0.323 e. The number of anilines is 1. The van der Waals surface area contributed by atoms with Crippen LogP contribution in [-0.2, 0) is 4.79 Å². The summed E-state index contributed by atoms with van der Waals surface area (Å²) in [4.78, 5) is 26.7. The SMILES string of the molecule is O=C(/C=C/c1ccccc1[N+](=O)[O-])Nc1ccc(-c2nccs2)cc1. The molecular weight excluding hydrogens is 338 g/mol. The summed E-state index contributed by atoms with van der Waals surface area (Å²) in [7, 11) is 0. The summed E-state index contributed by atoms with van der Waals surface area (Å²) in [5.74, 6) is -0.361. The highest BCUT2D eigenvalue weighted by Gasteiger charge is 2.09. The minimum atomic E-state index is -0.477. The predicted octanol–water partition coefficient (Wildman–Crippen LogP) is 4.37. The molecule has 0 saturated carbocycles. The molecule has 1 N–H and O–H groups in total. The Balaban J connectivity index is 1.68. The Morgan fingerprint density at radius 3 is 2.60 bits per heavy atom. The molecule has 0 saturated heterocycles. The summed E-state index contributed by atoms with van der Waals surface area (Å²) in [6, 6.07) is 13.6. The Labute approximate surface area is 147 Å². The third-order valence-electron chi connectivity index (χ3n) is 3.38. The highest BCUT2D eigenvalue weighted by Crippen LogP contribution is 2.23. The van der Waals surface area contributed by atoms with Crippen molar-refractivity contribution in [3.05, 3.63) is 81.9 Å². The van der Waals surface area contributed by atoms with E-state index < -0.39 is 4.92 Å². The molecule has 2 aromatic carbocycles. The summed E-state index contributed by atoms with van der Waals surface area (Å²) in [6.45, 7) is 0. The first-order chi connectivity index (χ1) is 12.1. The Bertz CT molecular complexity index is 919. The van der Waals surface area contributed by atoms with Gasteiger partial charge in [0.2, 0.25) is 5.91 Å². The highest BCUT2D eigenvalue weighted by atomic mass is 32.1. The van der Waals surface area contributed by atoms with E-state index in [0.29, 0.717) is 11.3 Å². The van der Waals surface area contributed by atoms with Gasteiger partial charge < -0.3 is 5.32 Å². The number of nitrogens with zero attached hydrogens (tertiary/aromatic N) is 2. The zero-order valence-electron chi connectivity index (χ0n) is 13.0. The molecule has 25 heavy (non-hydrogen) atoms. The van der Waals surface area contributed by atoms with Crippen LogP contribution in [0, 0.1) is 10.1 Å². The van der Waals surface area contributed by atoms with Gasteiger partial charge in [-0.15, -0.1) is 11.3 Å². The average Bonchev–Trinajstić information content (AvgIpc) is 3.15. The van der Waals surface area contributed by atoms with Gasteiger partial charge in [-0.25, -0.2) is 4.98 Å². The molecule has 0 fully saturated rings. The number of carbonyl (C=O) groups excluding carboxylic acids is 1. The molecule has 1 aromatic heterocycles. The topological polar surface area (TPSA) is 85.1 Å². The van der Waals surface area contributed by atoms with Crippen LogP contribution in [0.15, 0.2) is 66.2 Å². The van der Waals surface area contributed by atoms with E-state index in [9.17, 15) is 14.9 Å². The molecule has 0 aliphatic rings. The van der Waals surface area contributed by atoms with Gasteiger partial charge in [0.25, 0.3) is 5.69 Å². The summed E-state index contributed by atoms with van der Waals surface area (Å²) >= 11 is 1.54. The van der Waals surface area contributed by atoms with Crippen molar-refractivity contribution in [2.45, 2.75) is 0 Å². The fourth-order valence-corrected chi connectivity index (χ4v) is 2.85. The number of benzene rings is 2. The third kappa shape index (κ3) is 4.15. The molecule has 0 bridgehead atoms. The minimum absolute atomic E-state index is 0.0423. The lowest BCUT2D eigenvalue weighted by Crippen LogP contribution is -2.07. The Morgan fingerprint density at radius 1 is 1.16 bits per heavy atom. The molecule has 0 aliphatic carbocycles. The Hall–Kier alpha value is -3.32. The van der Waals surface area contributed by atoms with Crippen molar-refractivity contribution in [3.63, 3.8) is 0 Å². The van der Waals surface area contributed by atoms with Crippen molar-refractivity contribution in [2.75, 3.05) is 5.32 Å². The lowest BCUT2D eigenvalue weighted by Gasteiger charge is -2.03. The number of thiazole rings is 1. The van der Waals surface area contributed by atoms with Crippen LogP contribution in [0.4, 0.5) is 11.4 Å². The van der Waals surface area contributed by atoms with Crippen molar-refractivity contribution in [2.24, 2.45) is 0 Å². The van der Waals surface area contributed by atoms with Crippen molar-refractivity contribution >= 4 is 34.7 Å². The summed E-state index contributed by atoms with van der Waals surface area (Å²) < 4.78 is 0. The van der Waals surface area contributed by atoms with Crippen LogP contribution < -0.4 is 5.32 Å². The van der Waals surface area contributed by atoms with Gasteiger partial charge in [-0.2, -0.15) is 0 Å². The first kappa shape index (κ1) is 16.5. The molecule has 0 atom stereocenters. The molecule has 0 unspecified atom stereocenters. The van der Waals surface area contributed by atoms with E-state index in [-0.39, 0.29) is 11.6 Å². The van der Waals surface area contributed by atoms with E-state index >= 15 is 0 Å². The maximum absolute atomic E-state index is 12.0. The van der Waals surface area contributed by atoms with Gasteiger partial charge >= 0.3 is 0 Å². The molecule has 3 aromatic rings. The number of aromatic nitrogens is 1. The van der Waals surface area contributed by atoms with Gasteiger partial charge in [0, 0.05) is 35.0 Å². The van der Waals surface area contributed by atoms with Gasteiger partial charge in [0.1, 0.15) is 5.01 Å². The second-order valence-corrected chi connectivity index (χ2v) is 5.95. The molecule has 1 amide bonds. The van der Waals surface area contributed by atoms with Gasteiger partial charge in [0.05, 0.1) is 10.5 Å². The van der Waals surface area contributed by atoms with Crippen molar-refractivity contribution in [3.8, 4) is 10.6 Å². The standard InChI is InChI=1S/C18H13N3O3S/c22-17(10-7-13-3-1-2-4-16(13)21(23)24)20-15-8-5-14(6-9-15)18-19-11-12-25-18/h1-12H,(H,20,22)/b10-7+. The first-order valence-electron chi connectivity index (χ1n) is 7.36. The normalized spacial score (nSPS) is 10.7. The first-order valence-corrected chi connectivity index (χ1v) is 8.24. The van der Waals surface area contributed by atoms with E-state index in [4.69, 9.17) is 0 Å². The molecule has 0 aliphatic heterocycles. The quantitative estimate of drug-likeness (QED) is 0.420. The molecule has 6 nitrogen and oxygen atoms in total. The molecular formula is C18H13N3O3S. The van der Waals surface area contributed by atoms with Crippen LogP contribution in [0.25, 0.3) is 16.6 Å². The van der Waals surface area contributed by atoms with Crippen LogP contribution in [0.3, 0.4) is 0 Å². The molecule has 0 spiro atoms. The van der Waals surface area contributed by atoms with E-state index in [0.717, 1.165) is 10.6 Å². The van der Waals surface area contributed by atoms with Crippen molar-refractivity contribution in [1.29, 1.82) is 0 Å². The smallest absolute Gasteiger partial charge is 0.276 e. The fraction of sp³-hybridized carbons (Fsp3) is 0. The number of nitrogens with one attached hydrogen (secondary N) is 1. The van der Waals surface area contributed by atoms with E-state index in [1.54, 1.807) is 47.9 Å². The number of rotatable bonds is 5. The van der Waals surface area contributed by atoms with Crippen LogP contribution in [0.5, 0.6) is 0 Å². The number of nitro groups is 1. The fourth-order valence-electron chi connectivity index (χ4n) is 2.21. The highest BCUT2D eigenvalue weighted by molar-refractivity contribution is 7.13. The van der Waals surface area contributed by atoms with Crippen LogP contribution in [0.2, 0.25) is 0 Å². The Kier molecular flexibility index (Phi) is 4.96. The van der Waals surface area contributed by atoms with Gasteiger partial charge in [0.15, 0.2) is 0 Å². The third-order valence-corrected chi connectivity index (χ3v) is 4.20. The number of para-hydroxylation sites is 1. The molecule has 1 heterocycles. The van der Waals surface area contributed by atoms with Crippen molar-refractivity contribution in [1.82, 2.24) is 4.98 Å². The van der Waals surface area contributed by atoms with Crippen LogP contribution in [0.1, 0.15) is 5.56 Å². The van der Waals surface area contributed by atoms with Crippen LogP contribution >= 0.6 is 11.3 Å². The number of nitro benzene ring substituents is 1. The van der Waals surface area contributed by atoms with E-state index in [2.05, 4.69) is 10.3 Å². The zero-order chi connectivity index (χ0) is 17.6. The number of hydrogen-bond donors (Lipinski definition) is 1. The number of hydrogen-bond acceptors (Lipinski definition) is 5. The lowest BCUT2D eigenvalue weighted by molar-refractivity contribution is -0.385. The largest absolute Gasteiger partial charge is 0.323 e. The maximum atomic E-state index is 12.0. The summed E-state index contributed by atoms with van der Waals surface area (Å²) in [5, 5.41) is 16.5. The number of carbonyl (C=O) groups is 1. The van der Waals surface area contributed by atoms with Gasteiger partial charge in [-0.1, -0.05) is 12.1 Å². The van der Waals surface area contributed by atoms with Gasteiger partial charge in [-0.05, 0) is 36.4 Å². The maximum Gasteiger partial charge on any atom is 0.276 e. The summed E-state index contributed by atoms with van der Waals surface area (Å²) in [5.41, 5.74) is 1.95. The van der Waals surface area contributed by atoms with E-state index in [1.165, 1.54) is 18.2 Å². The zero-order valence-corrected chi connectivity index (χ0v) is 13.8. The predicted molar refractivity (Wildman–Crippen MR) is 98.3 cm³/mol. The monoisotopic (exact) mass is 351 g/mol. The second-order valence-electron chi connectivity index (χ2n) is 5.05. The molecule has 7 heteroatoms. The molecule has 124 valence electrons. The van der Waals surface area contributed by atoms with Crippen molar-refractivity contribution < 1.29 is 9.72 Å². The van der Waals surface area contributed by atoms with Crippen LogP contribution in [-0.4, -0.2) is 15.8 Å².